The van der Waals surface area contributed by atoms with E-state index in [0.29, 0.717) is 0 Å². The average Bonchev–Trinajstić information content (AvgIpc) is 2.81. The first-order valence-corrected chi connectivity index (χ1v) is 10.6. The fraction of sp³-hybridized carbons (Fsp3) is 0.154. The molecule has 0 saturated carbocycles. The zero-order valence-corrected chi connectivity index (χ0v) is 18.8. The molecule has 6 nitrogen and oxygen atoms in total. The average molecular weight is 431 g/mol. The fourth-order valence-corrected chi connectivity index (χ4v) is 3.12. The predicted molar refractivity (Wildman–Crippen MR) is 142 cm³/mol. The summed E-state index contributed by atoms with van der Waals surface area (Å²) in [5, 5.41) is 2.05. The van der Waals surface area contributed by atoms with Gasteiger partial charge >= 0.3 is 0 Å². The van der Waals surface area contributed by atoms with Crippen LogP contribution in [0.5, 0.6) is 0 Å². The lowest BCUT2D eigenvalue weighted by atomic mass is 10.1. The van der Waals surface area contributed by atoms with Crippen LogP contribution in [0.3, 0.4) is 0 Å². The summed E-state index contributed by atoms with van der Waals surface area (Å²) in [4.78, 5) is 2.29. The van der Waals surface area contributed by atoms with E-state index in [9.17, 15) is 0 Å². The molecule has 0 spiro atoms. The smallest absolute Gasteiger partial charge is 0.0395 e. The highest BCUT2D eigenvalue weighted by Gasteiger charge is 1.99. The Morgan fingerprint density at radius 2 is 0.844 bits per heavy atom. The van der Waals surface area contributed by atoms with Gasteiger partial charge in [0.2, 0.25) is 0 Å². The van der Waals surface area contributed by atoms with Crippen LogP contribution >= 0.6 is 0 Å². The molecule has 0 aliphatic rings. The molecule has 0 fully saturated rings. The van der Waals surface area contributed by atoms with Crippen molar-refractivity contribution in [1.29, 1.82) is 0 Å². The molecule has 10 N–H and O–H groups in total. The van der Waals surface area contributed by atoms with E-state index < -0.39 is 0 Å². The van der Waals surface area contributed by atoms with E-state index in [1.807, 2.05) is 48.5 Å². The zero-order valence-electron chi connectivity index (χ0n) is 18.8. The molecule has 168 valence electrons. The summed E-state index contributed by atoms with van der Waals surface area (Å²) < 4.78 is 0. The van der Waals surface area contributed by atoms with Crippen molar-refractivity contribution in [3.63, 3.8) is 0 Å². The monoisotopic (exact) mass is 430 g/mol. The molecule has 0 aromatic heterocycles. The van der Waals surface area contributed by atoms with Crippen LogP contribution in [-0.2, 0) is 0 Å². The fourth-order valence-electron chi connectivity index (χ4n) is 3.12. The quantitative estimate of drug-likeness (QED) is 0.291. The third-order valence-electron chi connectivity index (χ3n) is 4.95. The van der Waals surface area contributed by atoms with Gasteiger partial charge in [-0.05, 0) is 74.5 Å². The standard InChI is InChI=1S/C10H10N2.C10H16N2.C6H8N2/c11-9-5-6-10(12)8-4-2-1-3-7(8)9;1-3-12(4-2)10-7-5-9(11)6-8-10;7-5-1-2-6(8)4-3-5/h1-6H,11-12H2;5-8H,3-4,11H2,1-2H3;1-4H,7-8H2. The number of fused-ring (bicyclic) bond motifs is 1. The Morgan fingerprint density at radius 1 is 0.500 bits per heavy atom. The molecule has 4 aromatic carbocycles. The van der Waals surface area contributed by atoms with Crippen LogP contribution in [0.25, 0.3) is 10.8 Å². The van der Waals surface area contributed by atoms with Gasteiger partial charge in [-0.15, -0.1) is 0 Å². The van der Waals surface area contributed by atoms with Crippen molar-refractivity contribution < 1.29 is 0 Å². The van der Waals surface area contributed by atoms with Crippen LogP contribution in [-0.4, -0.2) is 13.1 Å². The maximum Gasteiger partial charge on any atom is 0.0395 e. The van der Waals surface area contributed by atoms with Crippen molar-refractivity contribution in [2.24, 2.45) is 0 Å². The number of nitrogen functional groups attached to an aromatic ring is 5. The molecule has 0 aliphatic heterocycles. The second-order valence-corrected chi connectivity index (χ2v) is 7.22. The summed E-state index contributed by atoms with van der Waals surface area (Å²) >= 11 is 0. The van der Waals surface area contributed by atoms with Crippen LogP contribution in [0.15, 0.2) is 84.9 Å². The lowest BCUT2D eigenvalue weighted by molar-refractivity contribution is 0.866. The number of hydrogen-bond acceptors (Lipinski definition) is 6. The highest BCUT2D eigenvalue weighted by molar-refractivity contribution is 6.00. The third-order valence-corrected chi connectivity index (χ3v) is 4.95. The van der Waals surface area contributed by atoms with Gasteiger partial charge in [0.1, 0.15) is 0 Å². The van der Waals surface area contributed by atoms with Crippen molar-refractivity contribution in [3.05, 3.63) is 84.9 Å². The topological polar surface area (TPSA) is 133 Å². The molecule has 0 saturated heterocycles. The molecule has 0 unspecified atom stereocenters. The molecule has 32 heavy (non-hydrogen) atoms. The molecule has 4 rings (SSSR count). The SMILES string of the molecule is CCN(CC)c1ccc(N)cc1.Nc1ccc(N)c2ccccc12.Nc1ccc(N)cc1. The van der Waals surface area contributed by atoms with E-state index in [0.717, 1.165) is 52.3 Å². The van der Waals surface area contributed by atoms with Crippen LogP contribution in [0.1, 0.15) is 13.8 Å². The summed E-state index contributed by atoms with van der Waals surface area (Å²) in [6.07, 6.45) is 0. The second-order valence-electron chi connectivity index (χ2n) is 7.22. The van der Waals surface area contributed by atoms with Gasteiger partial charge in [0, 0.05) is 58.0 Å². The van der Waals surface area contributed by atoms with Gasteiger partial charge in [-0.2, -0.15) is 0 Å². The van der Waals surface area contributed by atoms with Gasteiger partial charge < -0.3 is 33.6 Å². The number of nitrogens with zero attached hydrogens (tertiary/aromatic N) is 1. The van der Waals surface area contributed by atoms with Gasteiger partial charge in [0.25, 0.3) is 0 Å². The van der Waals surface area contributed by atoms with Crippen LogP contribution in [0, 0.1) is 0 Å². The maximum atomic E-state index is 5.77. The molecule has 0 atom stereocenters. The highest BCUT2D eigenvalue weighted by Crippen LogP contribution is 2.25. The van der Waals surface area contributed by atoms with Crippen molar-refractivity contribution in [2.45, 2.75) is 13.8 Å². The first-order chi connectivity index (χ1) is 15.3. The van der Waals surface area contributed by atoms with E-state index >= 15 is 0 Å². The van der Waals surface area contributed by atoms with E-state index in [4.69, 9.17) is 28.7 Å². The largest absolute Gasteiger partial charge is 0.399 e. The number of nitrogens with two attached hydrogens (primary N) is 5. The Bertz CT molecular complexity index is 1030. The van der Waals surface area contributed by atoms with E-state index in [-0.39, 0.29) is 0 Å². The minimum Gasteiger partial charge on any atom is -0.399 e. The summed E-state index contributed by atoms with van der Waals surface area (Å²) in [5.41, 5.74) is 33.0. The Labute approximate surface area is 190 Å². The minimum atomic E-state index is 0.749. The Balaban J connectivity index is 0.000000174. The van der Waals surface area contributed by atoms with Gasteiger partial charge in [-0.25, -0.2) is 0 Å². The molecule has 0 bridgehead atoms. The van der Waals surface area contributed by atoms with E-state index in [1.54, 1.807) is 24.3 Å². The molecule has 0 amide bonds. The Morgan fingerprint density at radius 3 is 1.19 bits per heavy atom. The van der Waals surface area contributed by atoms with Crippen molar-refractivity contribution in [1.82, 2.24) is 0 Å². The third kappa shape index (κ3) is 7.02. The number of benzene rings is 4. The maximum absolute atomic E-state index is 5.77. The summed E-state index contributed by atoms with van der Waals surface area (Å²) in [6, 6.07) is 26.6. The van der Waals surface area contributed by atoms with Crippen LogP contribution in [0.2, 0.25) is 0 Å². The zero-order chi connectivity index (χ0) is 23.5. The number of rotatable bonds is 3. The van der Waals surface area contributed by atoms with Gasteiger partial charge in [-0.1, -0.05) is 24.3 Å². The molecule has 0 heterocycles. The van der Waals surface area contributed by atoms with Gasteiger partial charge in [0.15, 0.2) is 0 Å². The van der Waals surface area contributed by atoms with Crippen LogP contribution < -0.4 is 33.6 Å². The lowest BCUT2D eigenvalue weighted by Gasteiger charge is -2.20. The first kappa shape index (κ1) is 24.2. The Kier molecular flexibility index (Phi) is 9.05. The number of hydrogen-bond donors (Lipinski definition) is 5. The van der Waals surface area contributed by atoms with Gasteiger partial charge in [0.05, 0.1) is 0 Å². The van der Waals surface area contributed by atoms with Crippen LogP contribution in [0.4, 0.5) is 34.1 Å². The molecule has 0 aliphatic carbocycles. The second kappa shape index (κ2) is 12.0. The number of anilines is 6. The summed E-state index contributed by atoms with van der Waals surface area (Å²) in [7, 11) is 0. The van der Waals surface area contributed by atoms with E-state index in [2.05, 4.69) is 30.9 Å². The van der Waals surface area contributed by atoms with Crippen molar-refractivity contribution in [2.75, 3.05) is 46.7 Å². The molecular weight excluding hydrogens is 396 g/mol. The summed E-state index contributed by atoms with van der Waals surface area (Å²) in [6.45, 7) is 6.39. The predicted octanol–water partition coefficient (Wildman–Crippen LogP) is 4.97. The Hall–Kier alpha value is -4.06. The summed E-state index contributed by atoms with van der Waals surface area (Å²) in [5.74, 6) is 0. The minimum absolute atomic E-state index is 0.749. The lowest BCUT2D eigenvalue weighted by Crippen LogP contribution is -2.21. The molecular formula is C26H34N6. The highest BCUT2D eigenvalue weighted by atomic mass is 15.1. The molecule has 0 radical (unpaired) electrons. The van der Waals surface area contributed by atoms with Crippen molar-refractivity contribution in [3.8, 4) is 0 Å². The normalized spacial score (nSPS) is 9.81. The molecule has 6 heteroatoms. The molecule has 4 aromatic rings. The van der Waals surface area contributed by atoms with Gasteiger partial charge in [-0.3, -0.25) is 0 Å². The van der Waals surface area contributed by atoms with E-state index in [1.165, 1.54) is 5.69 Å². The first-order valence-electron chi connectivity index (χ1n) is 10.6. The van der Waals surface area contributed by atoms with Crippen molar-refractivity contribution >= 4 is 44.9 Å².